The Bertz CT molecular complexity index is 435. The predicted molar refractivity (Wildman–Crippen MR) is 75.5 cm³/mol. The number of benzene rings is 1. The largest absolute Gasteiger partial charge is 0.495 e. The Labute approximate surface area is 113 Å². The van der Waals surface area contributed by atoms with Crippen LogP contribution in [0.25, 0.3) is 0 Å². The van der Waals surface area contributed by atoms with E-state index in [-0.39, 0.29) is 5.69 Å². The smallest absolute Gasteiger partial charge is 0.271 e. The summed E-state index contributed by atoms with van der Waals surface area (Å²) in [5.74, 6) is 1.34. The molecule has 6 heteroatoms. The van der Waals surface area contributed by atoms with Gasteiger partial charge in [0, 0.05) is 18.7 Å². The van der Waals surface area contributed by atoms with E-state index in [0.29, 0.717) is 36.4 Å². The average molecular weight is 267 g/mol. The van der Waals surface area contributed by atoms with Crippen molar-refractivity contribution in [2.75, 3.05) is 25.5 Å². The summed E-state index contributed by atoms with van der Waals surface area (Å²) in [6.07, 6.45) is 0. The first kappa shape index (κ1) is 15.2. The standard InChI is InChI=1S/C13H21N3O3/c1-9(2)10(7-14)8-15-12-6-11(16(17)18)4-5-13(12)19-3/h4-6,9-10,15H,7-8,14H2,1-3H3. The molecule has 1 atom stereocenters. The molecular formula is C13H21N3O3. The molecule has 3 N–H and O–H groups in total. The van der Waals surface area contributed by atoms with Gasteiger partial charge in [-0.15, -0.1) is 0 Å². The second-order valence-corrected chi connectivity index (χ2v) is 4.76. The van der Waals surface area contributed by atoms with Crippen molar-refractivity contribution in [1.82, 2.24) is 0 Å². The molecular weight excluding hydrogens is 246 g/mol. The maximum Gasteiger partial charge on any atom is 0.271 e. The quantitative estimate of drug-likeness (QED) is 0.584. The summed E-state index contributed by atoms with van der Waals surface area (Å²) in [7, 11) is 1.54. The van der Waals surface area contributed by atoms with Crippen LogP contribution in [-0.4, -0.2) is 25.1 Å². The maximum absolute atomic E-state index is 10.8. The van der Waals surface area contributed by atoms with Gasteiger partial charge in [-0.1, -0.05) is 13.8 Å². The van der Waals surface area contributed by atoms with Gasteiger partial charge in [0.1, 0.15) is 5.75 Å². The summed E-state index contributed by atoms with van der Waals surface area (Å²) in [5.41, 5.74) is 6.37. The summed E-state index contributed by atoms with van der Waals surface area (Å²) in [5, 5.41) is 14.0. The second kappa shape index (κ2) is 6.94. The van der Waals surface area contributed by atoms with E-state index < -0.39 is 4.92 Å². The van der Waals surface area contributed by atoms with Crippen molar-refractivity contribution in [2.24, 2.45) is 17.6 Å². The molecule has 0 saturated heterocycles. The van der Waals surface area contributed by atoms with E-state index >= 15 is 0 Å². The van der Waals surface area contributed by atoms with Gasteiger partial charge in [0.25, 0.3) is 5.69 Å². The van der Waals surface area contributed by atoms with E-state index in [0.717, 1.165) is 0 Å². The molecule has 0 spiro atoms. The summed E-state index contributed by atoms with van der Waals surface area (Å²) < 4.78 is 5.19. The molecule has 0 aliphatic carbocycles. The van der Waals surface area contributed by atoms with Crippen molar-refractivity contribution in [2.45, 2.75) is 13.8 Å². The van der Waals surface area contributed by atoms with Gasteiger partial charge in [-0.05, 0) is 24.4 Å². The number of rotatable bonds is 7. The van der Waals surface area contributed by atoms with Gasteiger partial charge in [-0.25, -0.2) is 0 Å². The Balaban J connectivity index is 2.85. The SMILES string of the molecule is COc1ccc([N+](=O)[O-])cc1NCC(CN)C(C)C. The Morgan fingerprint density at radius 3 is 2.63 bits per heavy atom. The number of non-ortho nitro benzene ring substituents is 1. The second-order valence-electron chi connectivity index (χ2n) is 4.76. The van der Waals surface area contributed by atoms with E-state index in [1.807, 2.05) is 0 Å². The molecule has 0 aliphatic heterocycles. The third-order valence-electron chi connectivity index (χ3n) is 3.19. The molecule has 106 valence electrons. The van der Waals surface area contributed by atoms with Gasteiger partial charge in [0.15, 0.2) is 0 Å². The summed E-state index contributed by atoms with van der Waals surface area (Å²) >= 11 is 0. The van der Waals surface area contributed by atoms with E-state index in [1.165, 1.54) is 19.2 Å². The monoisotopic (exact) mass is 267 g/mol. The van der Waals surface area contributed by atoms with E-state index in [9.17, 15) is 10.1 Å². The van der Waals surface area contributed by atoms with Gasteiger partial charge < -0.3 is 15.8 Å². The van der Waals surface area contributed by atoms with Crippen molar-refractivity contribution in [1.29, 1.82) is 0 Å². The number of ether oxygens (including phenoxy) is 1. The van der Waals surface area contributed by atoms with Crippen molar-refractivity contribution in [3.63, 3.8) is 0 Å². The molecule has 1 rings (SSSR count). The predicted octanol–water partition coefficient (Wildman–Crippen LogP) is 2.25. The number of nitrogens with zero attached hydrogens (tertiary/aromatic N) is 1. The molecule has 19 heavy (non-hydrogen) atoms. The Kier molecular flexibility index (Phi) is 5.57. The zero-order valence-electron chi connectivity index (χ0n) is 11.6. The van der Waals surface area contributed by atoms with Gasteiger partial charge in [-0.3, -0.25) is 10.1 Å². The number of nitrogens with two attached hydrogens (primary N) is 1. The zero-order valence-corrected chi connectivity index (χ0v) is 11.6. The first-order valence-corrected chi connectivity index (χ1v) is 6.26. The van der Waals surface area contributed by atoms with Crippen LogP contribution in [0.1, 0.15) is 13.8 Å². The lowest BCUT2D eigenvalue weighted by atomic mass is 9.96. The van der Waals surface area contributed by atoms with Crippen LogP contribution in [0.4, 0.5) is 11.4 Å². The van der Waals surface area contributed by atoms with E-state index in [4.69, 9.17) is 10.5 Å². The van der Waals surface area contributed by atoms with Crippen LogP contribution in [0.3, 0.4) is 0 Å². The number of anilines is 1. The lowest BCUT2D eigenvalue weighted by Crippen LogP contribution is -2.27. The van der Waals surface area contributed by atoms with Crippen LogP contribution < -0.4 is 15.8 Å². The molecule has 0 aliphatic rings. The van der Waals surface area contributed by atoms with Gasteiger partial charge in [0.2, 0.25) is 0 Å². The zero-order chi connectivity index (χ0) is 14.4. The van der Waals surface area contributed by atoms with Gasteiger partial charge in [0.05, 0.1) is 17.7 Å². The Morgan fingerprint density at radius 1 is 1.47 bits per heavy atom. The number of methoxy groups -OCH3 is 1. The molecule has 1 unspecified atom stereocenters. The van der Waals surface area contributed by atoms with Crippen LogP contribution in [0.15, 0.2) is 18.2 Å². The maximum atomic E-state index is 10.8. The van der Waals surface area contributed by atoms with E-state index in [2.05, 4.69) is 19.2 Å². The fourth-order valence-electron chi connectivity index (χ4n) is 1.78. The molecule has 0 bridgehead atoms. The third kappa shape index (κ3) is 4.10. The summed E-state index contributed by atoms with van der Waals surface area (Å²) in [4.78, 5) is 10.3. The molecule has 1 aromatic rings. The highest BCUT2D eigenvalue weighted by Crippen LogP contribution is 2.29. The van der Waals surface area contributed by atoms with Crippen LogP contribution in [0.2, 0.25) is 0 Å². The lowest BCUT2D eigenvalue weighted by Gasteiger charge is -2.20. The number of nitro groups is 1. The fraction of sp³-hybridized carbons (Fsp3) is 0.538. The number of hydrogen-bond donors (Lipinski definition) is 2. The van der Waals surface area contributed by atoms with Crippen LogP contribution >= 0.6 is 0 Å². The highest BCUT2D eigenvalue weighted by Gasteiger charge is 2.14. The van der Waals surface area contributed by atoms with Crippen molar-refractivity contribution >= 4 is 11.4 Å². The van der Waals surface area contributed by atoms with Crippen LogP contribution in [0, 0.1) is 22.0 Å². The number of hydrogen-bond acceptors (Lipinski definition) is 5. The lowest BCUT2D eigenvalue weighted by molar-refractivity contribution is -0.384. The average Bonchev–Trinajstić information content (AvgIpc) is 2.38. The van der Waals surface area contributed by atoms with E-state index in [1.54, 1.807) is 6.07 Å². The Morgan fingerprint density at radius 2 is 2.16 bits per heavy atom. The molecule has 0 saturated carbocycles. The molecule has 0 amide bonds. The molecule has 1 aromatic carbocycles. The minimum atomic E-state index is -0.423. The molecule has 0 heterocycles. The van der Waals surface area contributed by atoms with Gasteiger partial charge >= 0.3 is 0 Å². The summed E-state index contributed by atoms with van der Waals surface area (Å²) in [6, 6.07) is 4.49. The molecule has 6 nitrogen and oxygen atoms in total. The fourth-order valence-corrected chi connectivity index (χ4v) is 1.78. The highest BCUT2D eigenvalue weighted by molar-refractivity contribution is 5.61. The minimum absolute atomic E-state index is 0.0390. The van der Waals surface area contributed by atoms with Crippen molar-refractivity contribution in [3.05, 3.63) is 28.3 Å². The summed E-state index contributed by atoms with van der Waals surface area (Å²) in [6.45, 7) is 5.43. The molecule has 0 radical (unpaired) electrons. The first-order chi connectivity index (χ1) is 8.99. The van der Waals surface area contributed by atoms with Crippen LogP contribution in [-0.2, 0) is 0 Å². The van der Waals surface area contributed by atoms with Crippen LogP contribution in [0.5, 0.6) is 5.75 Å². The highest BCUT2D eigenvalue weighted by atomic mass is 16.6. The third-order valence-corrected chi connectivity index (χ3v) is 3.19. The molecule has 0 aromatic heterocycles. The Hall–Kier alpha value is -1.82. The molecule has 0 fully saturated rings. The van der Waals surface area contributed by atoms with Crippen molar-refractivity contribution in [3.8, 4) is 5.75 Å². The number of nitrogens with one attached hydrogen (secondary N) is 1. The van der Waals surface area contributed by atoms with Crippen molar-refractivity contribution < 1.29 is 9.66 Å². The first-order valence-electron chi connectivity index (χ1n) is 6.26. The van der Waals surface area contributed by atoms with Gasteiger partial charge in [-0.2, -0.15) is 0 Å². The topological polar surface area (TPSA) is 90.4 Å². The normalized spacial score (nSPS) is 12.3. The minimum Gasteiger partial charge on any atom is -0.495 e. The number of nitro benzene ring substituents is 1.